The van der Waals surface area contributed by atoms with Crippen LogP contribution in [0, 0.1) is 12.7 Å². The van der Waals surface area contributed by atoms with Crippen LogP contribution in [-0.2, 0) is 12.8 Å². The number of aromatic amines is 1. The van der Waals surface area contributed by atoms with Crippen molar-refractivity contribution in [1.29, 1.82) is 0 Å². The van der Waals surface area contributed by atoms with Crippen molar-refractivity contribution >= 4 is 16.9 Å². The van der Waals surface area contributed by atoms with Crippen molar-refractivity contribution in [2.75, 3.05) is 0 Å². The van der Waals surface area contributed by atoms with Crippen LogP contribution in [0.4, 0.5) is 4.39 Å². The van der Waals surface area contributed by atoms with Crippen molar-refractivity contribution in [3.05, 3.63) is 52.3 Å². The molecule has 1 aromatic heterocycles. The summed E-state index contributed by atoms with van der Waals surface area (Å²) in [4.78, 5) is 14.3. The molecule has 0 saturated heterocycles. The number of aromatic carboxylic acids is 1. The quantitative estimate of drug-likeness (QED) is 0.640. The maximum Gasteiger partial charge on any atom is 0.339 e. The van der Waals surface area contributed by atoms with Gasteiger partial charge in [-0.1, -0.05) is 12.1 Å². The van der Waals surface area contributed by atoms with Gasteiger partial charge in [0.15, 0.2) is 0 Å². The smallest absolute Gasteiger partial charge is 0.339 e. The van der Waals surface area contributed by atoms with Gasteiger partial charge in [0.05, 0.1) is 11.2 Å². The molecule has 0 radical (unpaired) electrons. The van der Waals surface area contributed by atoms with Gasteiger partial charge in [-0.3, -0.25) is 0 Å². The lowest BCUT2D eigenvalue weighted by molar-refractivity contribution is 0.0693. The lowest BCUT2D eigenvalue weighted by atomic mass is 9.87. The van der Waals surface area contributed by atoms with Gasteiger partial charge in [-0.05, 0) is 48.6 Å². The number of H-pyrrole nitrogens is 1. The van der Waals surface area contributed by atoms with Crippen molar-refractivity contribution in [2.45, 2.75) is 19.8 Å². The van der Waals surface area contributed by atoms with Crippen LogP contribution in [0.5, 0.6) is 5.75 Å². The van der Waals surface area contributed by atoms with Gasteiger partial charge in [-0.15, -0.1) is 0 Å². The Morgan fingerprint density at radius 3 is 2.78 bits per heavy atom. The van der Waals surface area contributed by atoms with Crippen LogP contribution < -0.4 is 0 Å². The molecule has 5 heteroatoms. The van der Waals surface area contributed by atoms with Gasteiger partial charge in [-0.25, -0.2) is 9.18 Å². The standard InChI is InChI=1S/C18H14FNO3/c1-8-2-4-11-10-5-3-9-6-13(18(22)23)14(21)7-12(9)16(10)20-17(11)15(8)19/h2,4,6-7,20-21H,3,5H2,1H3,(H,22,23). The fourth-order valence-electron chi connectivity index (χ4n) is 3.38. The topological polar surface area (TPSA) is 73.3 Å². The van der Waals surface area contributed by atoms with Gasteiger partial charge in [0.2, 0.25) is 0 Å². The number of carbonyl (C=O) groups is 1. The fraction of sp³-hybridized carbons (Fsp3) is 0.167. The van der Waals surface area contributed by atoms with E-state index in [-0.39, 0.29) is 17.1 Å². The second-order valence-corrected chi connectivity index (χ2v) is 5.93. The van der Waals surface area contributed by atoms with E-state index in [4.69, 9.17) is 5.11 Å². The minimum Gasteiger partial charge on any atom is -0.507 e. The summed E-state index contributed by atoms with van der Waals surface area (Å²) < 4.78 is 14.4. The molecule has 1 aliphatic carbocycles. The molecule has 0 bridgehead atoms. The molecule has 4 nitrogen and oxygen atoms in total. The number of halogens is 1. The molecule has 0 unspecified atom stereocenters. The summed E-state index contributed by atoms with van der Waals surface area (Å²) in [5.41, 5.74) is 4.28. The number of hydrogen-bond acceptors (Lipinski definition) is 2. The van der Waals surface area contributed by atoms with Crippen LogP contribution >= 0.6 is 0 Å². The molecule has 3 aromatic rings. The molecular formula is C18H14FNO3. The second-order valence-electron chi connectivity index (χ2n) is 5.93. The number of rotatable bonds is 1. The van der Waals surface area contributed by atoms with Crippen LogP contribution in [0.25, 0.3) is 22.2 Å². The first-order valence-corrected chi connectivity index (χ1v) is 7.36. The maximum atomic E-state index is 14.4. The highest BCUT2D eigenvalue weighted by atomic mass is 19.1. The van der Waals surface area contributed by atoms with Crippen molar-refractivity contribution in [3.8, 4) is 17.0 Å². The van der Waals surface area contributed by atoms with Crippen molar-refractivity contribution in [1.82, 2.24) is 4.98 Å². The van der Waals surface area contributed by atoms with E-state index in [1.165, 1.54) is 12.1 Å². The number of nitrogens with one attached hydrogen (secondary N) is 1. The lowest BCUT2D eigenvalue weighted by Crippen LogP contribution is -2.06. The number of phenols is 1. The largest absolute Gasteiger partial charge is 0.507 e. The van der Waals surface area contributed by atoms with E-state index in [9.17, 15) is 14.3 Å². The van der Waals surface area contributed by atoms with Gasteiger partial charge in [0, 0.05) is 10.9 Å². The highest BCUT2D eigenvalue weighted by molar-refractivity contribution is 5.96. The monoisotopic (exact) mass is 311 g/mol. The molecule has 0 saturated carbocycles. The molecule has 4 rings (SSSR count). The average Bonchev–Trinajstić information content (AvgIpc) is 2.90. The number of benzene rings is 2. The normalized spacial score (nSPS) is 13.0. The van der Waals surface area contributed by atoms with E-state index in [0.717, 1.165) is 27.8 Å². The molecule has 0 fully saturated rings. The molecule has 1 aliphatic rings. The Kier molecular flexibility index (Phi) is 2.75. The highest BCUT2D eigenvalue weighted by Gasteiger charge is 2.25. The summed E-state index contributed by atoms with van der Waals surface area (Å²) in [5, 5.41) is 19.9. The van der Waals surface area contributed by atoms with Gasteiger partial charge in [-0.2, -0.15) is 0 Å². The zero-order chi connectivity index (χ0) is 16.3. The number of hydrogen-bond donors (Lipinski definition) is 3. The van der Waals surface area contributed by atoms with Gasteiger partial charge in [0.1, 0.15) is 17.1 Å². The van der Waals surface area contributed by atoms with Gasteiger partial charge < -0.3 is 15.2 Å². The predicted octanol–water partition coefficient (Wildman–Crippen LogP) is 3.78. The summed E-state index contributed by atoms with van der Waals surface area (Å²) in [6.07, 6.45) is 1.36. The molecule has 0 aliphatic heterocycles. The first kappa shape index (κ1) is 13.8. The molecule has 0 atom stereocenters. The fourth-order valence-corrected chi connectivity index (χ4v) is 3.38. The summed E-state index contributed by atoms with van der Waals surface area (Å²) >= 11 is 0. The summed E-state index contributed by atoms with van der Waals surface area (Å²) in [6.45, 7) is 1.72. The second kappa shape index (κ2) is 4.59. The number of aromatic hydroxyl groups is 1. The van der Waals surface area contributed by atoms with Crippen LogP contribution in [0.15, 0.2) is 24.3 Å². The van der Waals surface area contributed by atoms with Crippen LogP contribution in [-0.4, -0.2) is 21.2 Å². The Morgan fingerprint density at radius 1 is 1.26 bits per heavy atom. The third-order valence-electron chi connectivity index (χ3n) is 4.58. The zero-order valence-electron chi connectivity index (χ0n) is 12.4. The predicted molar refractivity (Wildman–Crippen MR) is 84.5 cm³/mol. The summed E-state index contributed by atoms with van der Waals surface area (Å²) in [7, 11) is 0. The first-order valence-electron chi connectivity index (χ1n) is 7.36. The van der Waals surface area contributed by atoms with Gasteiger partial charge in [0.25, 0.3) is 0 Å². The molecule has 3 N–H and O–H groups in total. The Hall–Kier alpha value is -2.82. The third kappa shape index (κ3) is 1.86. The Balaban J connectivity index is 2.02. The molecule has 23 heavy (non-hydrogen) atoms. The average molecular weight is 311 g/mol. The Bertz CT molecular complexity index is 988. The summed E-state index contributed by atoms with van der Waals surface area (Å²) in [5.74, 6) is -1.71. The van der Waals surface area contributed by atoms with Gasteiger partial charge >= 0.3 is 5.97 Å². The molecule has 0 spiro atoms. The molecule has 0 amide bonds. The third-order valence-corrected chi connectivity index (χ3v) is 4.58. The van der Waals surface area contributed by atoms with Crippen LogP contribution in [0.1, 0.15) is 27.0 Å². The molecular weight excluding hydrogens is 297 g/mol. The van der Waals surface area contributed by atoms with Crippen LogP contribution in [0.2, 0.25) is 0 Å². The molecule has 1 heterocycles. The van der Waals surface area contributed by atoms with E-state index in [2.05, 4.69) is 4.98 Å². The Labute approximate surface area is 131 Å². The van der Waals surface area contributed by atoms with E-state index < -0.39 is 5.97 Å². The van der Waals surface area contributed by atoms with E-state index in [1.54, 1.807) is 13.0 Å². The van der Waals surface area contributed by atoms with E-state index in [0.29, 0.717) is 23.9 Å². The number of carboxylic acid groups (broad SMARTS) is 1. The Morgan fingerprint density at radius 2 is 2.04 bits per heavy atom. The first-order chi connectivity index (χ1) is 11.0. The zero-order valence-corrected chi connectivity index (χ0v) is 12.4. The highest BCUT2D eigenvalue weighted by Crippen LogP contribution is 2.40. The minimum absolute atomic E-state index is 0.106. The number of aromatic nitrogens is 1. The number of carboxylic acids is 1. The van der Waals surface area contributed by atoms with E-state index >= 15 is 0 Å². The van der Waals surface area contributed by atoms with E-state index in [1.807, 2.05) is 6.07 Å². The molecule has 2 aromatic carbocycles. The lowest BCUT2D eigenvalue weighted by Gasteiger charge is -2.18. The van der Waals surface area contributed by atoms with Crippen molar-refractivity contribution in [2.24, 2.45) is 0 Å². The minimum atomic E-state index is -1.16. The number of aryl methyl sites for hydroxylation is 3. The summed E-state index contributed by atoms with van der Waals surface area (Å²) in [6, 6.07) is 6.62. The number of fused-ring (bicyclic) bond motifs is 5. The van der Waals surface area contributed by atoms with Crippen molar-refractivity contribution < 1.29 is 19.4 Å². The van der Waals surface area contributed by atoms with Crippen molar-refractivity contribution in [3.63, 3.8) is 0 Å². The SMILES string of the molecule is Cc1ccc2c3c([nH]c2c1F)-c1cc(O)c(C(=O)O)cc1CC3. The van der Waals surface area contributed by atoms with Crippen LogP contribution in [0.3, 0.4) is 0 Å². The molecule has 116 valence electrons. The maximum absolute atomic E-state index is 14.4.